The molecule has 0 atom stereocenters. The molecule has 86 valence electrons. The summed E-state index contributed by atoms with van der Waals surface area (Å²) >= 11 is 0. The number of benzene rings is 1. The van der Waals surface area contributed by atoms with Crippen LogP contribution >= 0.6 is 0 Å². The minimum Gasteiger partial charge on any atom is -0.398 e. The zero-order chi connectivity index (χ0) is 12.4. The van der Waals surface area contributed by atoms with E-state index in [0.717, 1.165) is 11.1 Å². The van der Waals surface area contributed by atoms with Gasteiger partial charge in [0.2, 0.25) is 5.91 Å². The molecule has 1 aromatic heterocycles. The van der Waals surface area contributed by atoms with Crippen LogP contribution in [-0.4, -0.2) is 10.9 Å². The summed E-state index contributed by atoms with van der Waals surface area (Å²) in [6.07, 6.45) is 1.57. The maximum atomic E-state index is 11.1. The van der Waals surface area contributed by atoms with Crippen molar-refractivity contribution in [1.82, 2.24) is 4.98 Å². The highest BCUT2D eigenvalue weighted by molar-refractivity contribution is 5.93. The Hall–Kier alpha value is -2.36. The monoisotopic (exact) mass is 227 g/mol. The molecular weight excluding hydrogens is 214 g/mol. The molecule has 1 aromatic carbocycles. The minimum atomic E-state index is -0.463. The largest absolute Gasteiger partial charge is 0.398 e. The Morgan fingerprint density at radius 1 is 1.29 bits per heavy atom. The summed E-state index contributed by atoms with van der Waals surface area (Å²) in [5.41, 5.74) is 14.8. The lowest BCUT2D eigenvalue weighted by molar-refractivity contribution is 0.1000. The van der Waals surface area contributed by atoms with E-state index in [2.05, 4.69) is 4.98 Å². The Morgan fingerprint density at radius 2 is 2.06 bits per heavy atom. The lowest BCUT2D eigenvalue weighted by atomic mass is 10.0. The van der Waals surface area contributed by atoms with Crippen molar-refractivity contribution in [3.63, 3.8) is 0 Å². The summed E-state index contributed by atoms with van der Waals surface area (Å²) in [7, 11) is 0. The van der Waals surface area contributed by atoms with E-state index < -0.39 is 5.91 Å². The molecule has 0 saturated heterocycles. The minimum absolute atomic E-state index is 0.442. The number of carbonyl (C=O) groups is 1. The number of carbonyl (C=O) groups excluding carboxylic acids is 1. The maximum Gasteiger partial charge on any atom is 0.248 e. The highest BCUT2D eigenvalue weighted by Crippen LogP contribution is 2.25. The summed E-state index contributed by atoms with van der Waals surface area (Å²) in [6.45, 7) is 1.92. The second kappa shape index (κ2) is 4.25. The molecular formula is C13H13N3O. The third-order valence-electron chi connectivity index (χ3n) is 2.70. The summed E-state index contributed by atoms with van der Waals surface area (Å²) < 4.78 is 0. The average molecular weight is 227 g/mol. The zero-order valence-corrected chi connectivity index (χ0v) is 9.47. The van der Waals surface area contributed by atoms with Crippen LogP contribution in [0.5, 0.6) is 0 Å². The van der Waals surface area contributed by atoms with Crippen LogP contribution in [0.25, 0.3) is 11.3 Å². The van der Waals surface area contributed by atoms with Crippen molar-refractivity contribution in [2.75, 3.05) is 5.73 Å². The van der Waals surface area contributed by atoms with Crippen LogP contribution in [0.2, 0.25) is 0 Å². The first kappa shape index (κ1) is 11.1. The number of amides is 1. The topological polar surface area (TPSA) is 82.0 Å². The fraction of sp³-hybridized carbons (Fsp3) is 0.0769. The van der Waals surface area contributed by atoms with E-state index in [9.17, 15) is 4.79 Å². The highest BCUT2D eigenvalue weighted by atomic mass is 16.1. The molecule has 1 heterocycles. The van der Waals surface area contributed by atoms with Crippen LogP contribution < -0.4 is 11.5 Å². The number of pyridine rings is 1. The Balaban J connectivity index is 2.57. The van der Waals surface area contributed by atoms with E-state index in [1.54, 1.807) is 18.3 Å². The first-order valence-corrected chi connectivity index (χ1v) is 5.21. The number of anilines is 1. The molecule has 0 radical (unpaired) electrons. The number of nitrogens with two attached hydrogens (primary N) is 2. The zero-order valence-electron chi connectivity index (χ0n) is 9.47. The average Bonchev–Trinajstić information content (AvgIpc) is 2.33. The van der Waals surface area contributed by atoms with Gasteiger partial charge in [0.1, 0.15) is 0 Å². The van der Waals surface area contributed by atoms with Gasteiger partial charge in [0.15, 0.2) is 0 Å². The molecule has 0 fully saturated rings. The molecule has 0 bridgehead atoms. The maximum absolute atomic E-state index is 11.1. The van der Waals surface area contributed by atoms with Crippen LogP contribution in [0.3, 0.4) is 0 Å². The van der Waals surface area contributed by atoms with Crippen molar-refractivity contribution in [1.29, 1.82) is 0 Å². The van der Waals surface area contributed by atoms with Gasteiger partial charge in [-0.2, -0.15) is 0 Å². The molecule has 4 N–H and O–H groups in total. The van der Waals surface area contributed by atoms with Crippen molar-refractivity contribution >= 4 is 11.6 Å². The predicted octanol–water partition coefficient (Wildman–Crippen LogP) is 1.74. The predicted molar refractivity (Wildman–Crippen MR) is 67.3 cm³/mol. The number of hydrogen-bond acceptors (Lipinski definition) is 3. The molecule has 4 heteroatoms. The van der Waals surface area contributed by atoms with Crippen LogP contribution in [0, 0.1) is 6.92 Å². The van der Waals surface area contributed by atoms with Crippen molar-refractivity contribution in [3.8, 4) is 11.3 Å². The third-order valence-corrected chi connectivity index (χ3v) is 2.70. The van der Waals surface area contributed by atoms with Gasteiger partial charge in [-0.25, -0.2) is 0 Å². The summed E-state index contributed by atoms with van der Waals surface area (Å²) in [5.74, 6) is -0.463. The standard InChI is InChI=1S/C13H13N3O/c1-8-10(3-2-4-11(8)14)12-7-9(13(15)17)5-6-16-12/h2-7H,14H2,1H3,(H2,15,17). The van der Waals surface area contributed by atoms with Crippen LogP contribution in [0.4, 0.5) is 5.69 Å². The second-order valence-corrected chi connectivity index (χ2v) is 3.81. The van der Waals surface area contributed by atoms with E-state index in [1.165, 1.54) is 0 Å². The molecule has 0 saturated carbocycles. The van der Waals surface area contributed by atoms with Gasteiger partial charge >= 0.3 is 0 Å². The van der Waals surface area contributed by atoms with Crippen molar-refractivity contribution in [2.24, 2.45) is 5.73 Å². The van der Waals surface area contributed by atoms with Crippen molar-refractivity contribution in [2.45, 2.75) is 6.92 Å². The second-order valence-electron chi connectivity index (χ2n) is 3.81. The van der Waals surface area contributed by atoms with Gasteiger partial charge in [-0.15, -0.1) is 0 Å². The van der Waals surface area contributed by atoms with E-state index in [1.807, 2.05) is 25.1 Å². The Bertz CT molecular complexity index is 579. The number of primary amides is 1. The van der Waals surface area contributed by atoms with Gasteiger partial charge in [-0.1, -0.05) is 12.1 Å². The Kier molecular flexibility index (Phi) is 2.78. The molecule has 4 nitrogen and oxygen atoms in total. The number of hydrogen-bond donors (Lipinski definition) is 2. The number of nitrogens with zero attached hydrogens (tertiary/aromatic N) is 1. The summed E-state index contributed by atoms with van der Waals surface area (Å²) in [6, 6.07) is 8.86. The SMILES string of the molecule is Cc1c(N)cccc1-c1cc(C(N)=O)ccn1. The third kappa shape index (κ3) is 2.10. The fourth-order valence-electron chi connectivity index (χ4n) is 1.66. The molecule has 0 aliphatic rings. The van der Waals surface area contributed by atoms with Gasteiger partial charge in [0.05, 0.1) is 5.69 Å². The van der Waals surface area contributed by atoms with E-state index in [4.69, 9.17) is 11.5 Å². The number of aromatic nitrogens is 1. The van der Waals surface area contributed by atoms with Crippen molar-refractivity contribution < 1.29 is 4.79 Å². The van der Waals surface area contributed by atoms with Gasteiger partial charge in [-0.3, -0.25) is 9.78 Å². The quantitative estimate of drug-likeness (QED) is 0.766. The normalized spacial score (nSPS) is 10.2. The molecule has 0 aliphatic heterocycles. The first-order chi connectivity index (χ1) is 8.09. The molecule has 0 aliphatic carbocycles. The molecule has 0 unspecified atom stereocenters. The van der Waals surface area contributed by atoms with Crippen LogP contribution in [0.15, 0.2) is 36.5 Å². The number of nitrogen functional groups attached to an aromatic ring is 1. The van der Waals surface area contributed by atoms with Gasteiger partial charge in [0, 0.05) is 23.0 Å². The number of rotatable bonds is 2. The lowest BCUT2D eigenvalue weighted by Gasteiger charge is -2.08. The molecule has 2 rings (SSSR count). The molecule has 1 amide bonds. The van der Waals surface area contributed by atoms with Crippen LogP contribution in [0.1, 0.15) is 15.9 Å². The van der Waals surface area contributed by atoms with E-state index in [-0.39, 0.29) is 0 Å². The van der Waals surface area contributed by atoms with Gasteiger partial charge in [0.25, 0.3) is 0 Å². The van der Waals surface area contributed by atoms with Gasteiger partial charge in [-0.05, 0) is 30.7 Å². The lowest BCUT2D eigenvalue weighted by Crippen LogP contribution is -2.11. The Labute approximate surface area is 99.3 Å². The molecule has 0 spiro atoms. The fourth-order valence-corrected chi connectivity index (χ4v) is 1.66. The van der Waals surface area contributed by atoms with E-state index in [0.29, 0.717) is 16.9 Å². The molecule has 2 aromatic rings. The summed E-state index contributed by atoms with van der Waals surface area (Å²) in [4.78, 5) is 15.3. The van der Waals surface area contributed by atoms with E-state index >= 15 is 0 Å². The Morgan fingerprint density at radius 3 is 2.76 bits per heavy atom. The van der Waals surface area contributed by atoms with Gasteiger partial charge < -0.3 is 11.5 Å². The summed E-state index contributed by atoms with van der Waals surface area (Å²) in [5, 5.41) is 0. The first-order valence-electron chi connectivity index (χ1n) is 5.21. The van der Waals surface area contributed by atoms with Crippen molar-refractivity contribution in [3.05, 3.63) is 47.7 Å². The van der Waals surface area contributed by atoms with Crippen LogP contribution in [-0.2, 0) is 0 Å². The highest BCUT2D eigenvalue weighted by Gasteiger charge is 2.08. The smallest absolute Gasteiger partial charge is 0.248 e. The molecule has 17 heavy (non-hydrogen) atoms.